The average Bonchev–Trinajstić information content (AvgIpc) is 2.60. The Morgan fingerprint density at radius 3 is 2.38 bits per heavy atom. The number of hydrogen-bond donors (Lipinski definition) is 2. The Hall–Kier alpha value is -2.66. The molecule has 0 saturated heterocycles. The molecule has 0 aromatic heterocycles. The standard InChI is InChI=1S/C21H27N3O2/c1-15-8-7-11-17(12-15)21(26)23-16(2)20(25)22-13-18-9-5-6-10-19(18)14-24(3)4/h5-12,16H,13-14H2,1-4H3,(H,22,25)(H,23,26). The van der Waals surface area contributed by atoms with Gasteiger partial charge in [0.25, 0.3) is 5.91 Å². The third-order valence-electron chi connectivity index (χ3n) is 4.08. The molecule has 0 fully saturated rings. The van der Waals surface area contributed by atoms with Crippen LogP contribution in [-0.2, 0) is 17.9 Å². The summed E-state index contributed by atoms with van der Waals surface area (Å²) in [6.07, 6.45) is 0. The van der Waals surface area contributed by atoms with E-state index in [0.29, 0.717) is 12.1 Å². The van der Waals surface area contributed by atoms with Crippen LogP contribution in [-0.4, -0.2) is 36.9 Å². The molecule has 5 nitrogen and oxygen atoms in total. The molecule has 0 heterocycles. The molecule has 0 radical (unpaired) electrons. The quantitative estimate of drug-likeness (QED) is 0.804. The Labute approximate surface area is 155 Å². The van der Waals surface area contributed by atoms with Gasteiger partial charge in [0.15, 0.2) is 0 Å². The number of hydrogen-bond acceptors (Lipinski definition) is 3. The summed E-state index contributed by atoms with van der Waals surface area (Å²) in [6.45, 7) is 4.87. The normalized spacial score (nSPS) is 11.9. The van der Waals surface area contributed by atoms with Gasteiger partial charge in [-0.05, 0) is 51.2 Å². The van der Waals surface area contributed by atoms with Crippen molar-refractivity contribution in [2.75, 3.05) is 14.1 Å². The van der Waals surface area contributed by atoms with Crippen LogP contribution in [0, 0.1) is 6.92 Å². The van der Waals surface area contributed by atoms with Gasteiger partial charge in [-0.15, -0.1) is 0 Å². The summed E-state index contributed by atoms with van der Waals surface area (Å²) in [4.78, 5) is 26.7. The van der Waals surface area contributed by atoms with Crippen molar-refractivity contribution in [2.45, 2.75) is 33.0 Å². The monoisotopic (exact) mass is 353 g/mol. The highest BCUT2D eigenvalue weighted by Crippen LogP contribution is 2.10. The summed E-state index contributed by atoms with van der Waals surface area (Å²) in [5, 5.41) is 5.66. The van der Waals surface area contributed by atoms with Crippen molar-refractivity contribution in [3.8, 4) is 0 Å². The van der Waals surface area contributed by atoms with E-state index in [9.17, 15) is 9.59 Å². The number of rotatable bonds is 7. The second kappa shape index (κ2) is 9.15. The maximum atomic E-state index is 12.3. The molecule has 2 rings (SSSR count). The molecular weight excluding hydrogens is 326 g/mol. The highest BCUT2D eigenvalue weighted by molar-refractivity contribution is 5.97. The molecular formula is C21H27N3O2. The maximum Gasteiger partial charge on any atom is 0.251 e. The Bertz CT molecular complexity index is 771. The van der Waals surface area contributed by atoms with Gasteiger partial charge in [-0.2, -0.15) is 0 Å². The van der Waals surface area contributed by atoms with Crippen molar-refractivity contribution in [3.05, 3.63) is 70.8 Å². The SMILES string of the molecule is Cc1cccc(C(=O)NC(C)C(=O)NCc2ccccc2CN(C)C)c1. The zero-order valence-corrected chi connectivity index (χ0v) is 15.9. The van der Waals surface area contributed by atoms with Crippen molar-refractivity contribution < 1.29 is 9.59 Å². The molecule has 5 heteroatoms. The first-order chi connectivity index (χ1) is 12.4. The lowest BCUT2D eigenvalue weighted by Crippen LogP contribution is -2.44. The first kappa shape index (κ1) is 19.7. The molecule has 1 unspecified atom stereocenters. The van der Waals surface area contributed by atoms with E-state index in [1.165, 1.54) is 5.56 Å². The Morgan fingerprint density at radius 1 is 1.04 bits per heavy atom. The van der Waals surface area contributed by atoms with E-state index in [-0.39, 0.29) is 11.8 Å². The van der Waals surface area contributed by atoms with Gasteiger partial charge in [0, 0.05) is 18.7 Å². The fourth-order valence-corrected chi connectivity index (χ4v) is 2.69. The molecule has 138 valence electrons. The molecule has 26 heavy (non-hydrogen) atoms. The fraction of sp³-hybridized carbons (Fsp3) is 0.333. The fourth-order valence-electron chi connectivity index (χ4n) is 2.69. The zero-order valence-electron chi connectivity index (χ0n) is 15.9. The summed E-state index contributed by atoms with van der Waals surface area (Å²) >= 11 is 0. The van der Waals surface area contributed by atoms with Crippen molar-refractivity contribution in [3.63, 3.8) is 0 Å². The van der Waals surface area contributed by atoms with Gasteiger partial charge in [0.1, 0.15) is 6.04 Å². The van der Waals surface area contributed by atoms with Crippen LogP contribution < -0.4 is 10.6 Å². The van der Waals surface area contributed by atoms with E-state index in [1.54, 1.807) is 19.1 Å². The molecule has 2 N–H and O–H groups in total. The minimum atomic E-state index is -0.607. The second-order valence-electron chi connectivity index (χ2n) is 6.79. The predicted octanol–water partition coefficient (Wildman–Crippen LogP) is 2.49. The molecule has 0 bridgehead atoms. The van der Waals surface area contributed by atoms with Crippen LogP contribution in [0.3, 0.4) is 0 Å². The number of amides is 2. The first-order valence-corrected chi connectivity index (χ1v) is 8.73. The highest BCUT2D eigenvalue weighted by Gasteiger charge is 2.16. The van der Waals surface area contributed by atoms with E-state index in [2.05, 4.69) is 21.6 Å². The average molecular weight is 353 g/mol. The topological polar surface area (TPSA) is 61.4 Å². The summed E-state index contributed by atoms with van der Waals surface area (Å²) in [5.74, 6) is -0.449. The number of nitrogens with zero attached hydrogens (tertiary/aromatic N) is 1. The van der Waals surface area contributed by atoms with Crippen LogP contribution in [0.4, 0.5) is 0 Å². The molecule has 1 atom stereocenters. The van der Waals surface area contributed by atoms with E-state index in [1.807, 2.05) is 51.4 Å². The van der Waals surface area contributed by atoms with Crippen molar-refractivity contribution >= 4 is 11.8 Å². The Kier molecular flexibility index (Phi) is 6.92. The van der Waals surface area contributed by atoms with Crippen LogP contribution in [0.5, 0.6) is 0 Å². The minimum absolute atomic E-state index is 0.203. The second-order valence-corrected chi connectivity index (χ2v) is 6.79. The van der Waals surface area contributed by atoms with E-state index >= 15 is 0 Å². The van der Waals surface area contributed by atoms with Gasteiger partial charge >= 0.3 is 0 Å². The predicted molar refractivity (Wildman–Crippen MR) is 104 cm³/mol. The minimum Gasteiger partial charge on any atom is -0.350 e. The maximum absolute atomic E-state index is 12.3. The van der Waals surface area contributed by atoms with Gasteiger partial charge in [-0.25, -0.2) is 0 Å². The molecule has 2 aromatic rings. The van der Waals surface area contributed by atoms with Crippen LogP contribution in [0.25, 0.3) is 0 Å². The summed E-state index contributed by atoms with van der Waals surface area (Å²) in [6, 6.07) is 14.7. The molecule has 0 aliphatic heterocycles. The molecule has 0 saturated carbocycles. The molecule has 2 amide bonds. The van der Waals surface area contributed by atoms with Crippen LogP contribution >= 0.6 is 0 Å². The lowest BCUT2D eigenvalue weighted by molar-refractivity contribution is -0.122. The third kappa shape index (κ3) is 5.70. The van der Waals surface area contributed by atoms with Gasteiger partial charge in [-0.1, -0.05) is 42.0 Å². The highest BCUT2D eigenvalue weighted by atomic mass is 16.2. The molecule has 2 aromatic carbocycles. The van der Waals surface area contributed by atoms with Gasteiger partial charge < -0.3 is 15.5 Å². The van der Waals surface area contributed by atoms with E-state index < -0.39 is 6.04 Å². The summed E-state index contributed by atoms with van der Waals surface area (Å²) < 4.78 is 0. The van der Waals surface area contributed by atoms with Gasteiger partial charge in [-0.3, -0.25) is 9.59 Å². The molecule has 0 aliphatic rings. The van der Waals surface area contributed by atoms with E-state index in [4.69, 9.17) is 0 Å². The number of aryl methyl sites for hydroxylation is 1. The number of carbonyl (C=O) groups excluding carboxylic acids is 2. The third-order valence-corrected chi connectivity index (χ3v) is 4.08. The number of nitrogens with one attached hydrogen (secondary N) is 2. The van der Waals surface area contributed by atoms with Gasteiger partial charge in [0.2, 0.25) is 5.91 Å². The number of benzene rings is 2. The lowest BCUT2D eigenvalue weighted by Gasteiger charge is -2.17. The summed E-state index contributed by atoms with van der Waals surface area (Å²) in [7, 11) is 4.02. The zero-order chi connectivity index (χ0) is 19.1. The first-order valence-electron chi connectivity index (χ1n) is 8.73. The summed E-state index contributed by atoms with van der Waals surface area (Å²) in [5.41, 5.74) is 3.81. The van der Waals surface area contributed by atoms with Crippen molar-refractivity contribution in [1.82, 2.24) is 15.5 Å². The molecule has 0 spiro atoms. The van der Waals surface area contributed by atoms with Crippen LogP contribution in [0.1, 0.15) is 34.0 Å². The van der Waals surface area contributed by atoms with Crippen LogP contribution in [0.2, 0.25) is 0 Å². The Morgan fingerprint density at radius 2 is 1.73 bits per heavy atom. The number of carbonyl (C=O) groups is 2. The van der Waals surface area contributed by atoms with Crippen molar-refractivity contribution in [1.29, 1.82) is 0 Å². The Balaban J connectivity index is 1.92. The molecule has 0 aliphatic carbocycles. The van der Waals surface area contributed by atoms with E-state index in [0.717, 1.165) is 17.7 Å². The lowest BCUT2D eigenvalue weighted by atomic mass is 10.1. The smallest absolute Gasteiger partial charge is 0.251 e. The van der Waals surface area contributed by atoms with Crippen molar-refractivity contribution in [2.24, 2.45) is 0 Å². The van der Waals surface area contributed by atoms with Gasteiger partial charge in [0.05, 0.1) is 0 Å². The van der Waals surface area contributed by atoms with Crippen LogP contribution in [0.15, 0.2) is 48.5 Å². The largest absolute Gasteiger partial charge is 0.350 e.